The molecule has 3 nitrogen and oxygen atoms in total. The Morgan fingerprint density at radius 1 is 1.44 bits per heavy atom. The van der Waals surface area contributed by atoms with Crippen LogP contribution in [0.4, 0.5) is 0 Å². The quantitative estimate of drug-likeness (QED) is 0.905. The molecule has 0 bridgehead atoms. The number of rotatable bonds is 5. The van der Waals surface area contributed by atoms with E-state index in [1.165, 1.54) is 10.2 Å². The van der Waals surface area contributed by atoms with Crippen molar-refractivity contribution in [3.05, 3.63) is 15.9 Å². The zero-order chi connectivity index (χ0) is 12.3. The van der Waals surface area contributed by atoms with Gasteiger partial charge in [0, 0.05) is 7.05 Å². The summed E-state index contributed by atoms with van der Waals surface area (Å²) in [6, 6.07) is 0. The molecule has 16 heavy (non-hydrogen) atoms. The fourth-order valence-electron chi connectivity index (χ4n) is 1.94. The van der Waals surface area contributed by atoms with Crippen LogP contribution in [-0.2, 0) is 19.9 Å². The Bertz CT molecular complexity index is 355. The maximum Gasteiger partial charge on any atom is 0.0766 e. The minimum Gasteiger partial charge on any atom is -0.330 e. The molecule has 92 valence electrons. The second-order valence-corrected chi connectivity index (χ2v) is 5.86. The topological polar surface area (TPSA) is 43.8 Å². The first-order chi connectivity index (χ1) is 7.41. The van der Waals surface area contributed by atoms with E-state index in [1.54, 1.807) is 0 Å². The smallest absolute Gasteiger partial charge is 0.0766 e. The standard InChI is InChI=1S/C12H22BrN3/c1-5-9-11(13)10(16(4)15-9)8-12(2,3)6-7-14/h5-8,14H2,1-4H3. The van der Waals surface area contributed by atoms with E-state index in [9.17, 15) is 0 Å². The summed E-state index contributed by atoms with van der Waals surface area (Å²) in [5.41, 5.74) is 8.29. The molecule has 0 aromatic carbocycles. The lowest BCUT2D eigenvalue weighted by Gasteiger charge is -2.24. The monoisotopic (exact) mass is 287 g/mol. The van der Waals surface area contributed by atoms with Crippen molar-refractivity contribution in [1.82, 2.24) is 9.78 Å². The Labute approximate surface area is 107 Å². The predicted molar refractivity (Wildman–Crippen MR) is 71.4 cm³/mol. The van der Waals surface area contributed by atoms with Gasteiger partial charge in [0.2, 0.25) is 0 Å². The summed E-state index contributed by atoms with van der Waals surface area (Å²) in [5, 5.41) is 4.51. The molecule has 1 aromatic heterocycles. The van der Waals surface area contributed by atoms with Gasteiger partial charge in [-0.05, 0) is 47.2 Å². The van der Waals surface area contributed by atoms with Crippen LogP contribution in [0.25, 0.3) is 0 Å². The van der Waals surface area contributed by atoms with E-state index in [2.05, 4.69) is 41.8 Å². The second kappa shape index (κ2) is 5.32. The Morgan fingerprint density at radius 3 is 2.50 bits per heavy atom. The molecule has 2 N–H and O–H groups in total. The van der Waals surface area contributed by atoms with Crippen molar-refractivity contribution in [2.24, 2.45) is 18.2 Å². The highest BCUT2D eigenvalue weighted by atomic mass is 79.9. The molecule has 0 spiro atoms. The minimum atomic E-state index is 0.232. The van der Waals surface area contributed by atoms with Crippen LogP contribution in [0.5, 0.6) is 0 Å². The molecule has 0 unspecified atom stereocenters. The number of hydrogen-bond acceptors (Lipinski definition) is 2. The Hall–Kier alpha value is -0.350. The van der Waals surface area contributed by atoms with Gasteiger partial charge in [0.1, 0.15) is 0 Å². The van der Waals surface area contributed by atoms with Gasteiger partial charge < -0.3 is 5.73 Å². The van der Waals surface area contributed by atoms with E-state index in [-0.39, 0.29) is 5.41 Å². The van der Waals surface area contributed by atoms with E-state index in [4.69, 9.17) is 5.73 Å². The maximum absolute atomic E-state index is 5.64. The lowest BCUT2D eigenvalue weighted by Crippen LogP contribution is -2.21. The average Bonchev–Trinajstić information content (AvgIpc) is 2.45. The van der Waals surface area contributed by atoms with Crippen LogP contribution in [0.2, 0.25) is 0 Å². The van der Waals surface area contributed by atoms with Crippen molar-refractivity contribution in [2.75, 3.05) is 6.54 Å². The van der Waals surface area contributed by atoms with Gasteiger partial charge in [-0.1, -0.05) is 20.8 Å². The van der Waals surface area contributed by atoms with Crippen molar-refractivity contribution in [3.8, 4) is 0 Å². The molecule has 4 heteroatoms. The predicted octanol–water partition coefficient (Wildman–Crippen LogP) is 2.66. The highest BCUT2D eigenvalue weighted by molar-refractivity contribution is 9.10. The number of hydrogen-bond donors (Lipinski definition) is 1. The number of halogens is 1. The first kappa shape index (κ1) is 13.7. The lowest BCUT2D eigenvalue weighted by atomic mass is 9.84. The van der Waals surface area contributed by atoms with Crippen molar-refractivity contribution in [2.45, 2.75) is 40.0 Å². The highest BCUT2D eigenvalue weighted by Crippen LogP contribution is 2.30. The summed E-state index contributed by atoms with van der Waals surface area (Å²) < 4.78 is 3.16. The fraction of sp³-hybridized carbons (Fsp3) is 0.750. The third-order valence-corrected chi connectivity index (χ3v) is 3.89. The molecule has 1 aromatic rings. The maximum atomic E-state index is 5.64. The summed E-state index contributed by atoms with van der Waals surface area (Å²) in [6.07, 6.45) is 3.01. The molecule has 0 saturated heterocycles. The van der Waals surface area contributed by atoms with E-state index in [1.807, 2.05) is 11.7 Å². The molecule has 0 amide bonds. The van der Waals surface area contributed by atoms with E-state index >= 15 is 0 Å². The Balaban J connectivity index is 2.92. The molecule has 1 heterocycles. The molecule has 0 fully saturated rings. The van der Waals surface area contributed by atoms with Gasteiger partial charge in [-0.25, -0.2) is 0 Å². The molecule has 0 radical (unpaired) electrons. The number of aryl methyl sites for hydroxylation is 2. The summed E-state index contributed by atoms with van der Waals surface area (Å²) in [6.45, 7) is 7.38. The minimum absolute atomic E-state index is 0.232. The summed E-state index contributed by atoms with van der Waals surface area (Å²) in [4.78, 5) is 0. The van der Waals surface area contributed by atoms with Crippen LogP contribution in [0.1, 0.15) is 38.6 Å². The first-order valence-electron chi connectivity index (χ1n) is 5.81. The van der Waals surface area contributed by atoms with Crippen molar-refractivity contribution < 1.29 is 0 Å². The molecular formula is C12H22BrN3. The number of aromatic nitrogens is 2. The van der Waals surface area contributed by atoms with Gasteiger partial charge in [0.05, 0.1) is 15.9 Å². The zero-order valence-corrected chi connectivity index (χ0v) is 12.3. The molecule has 0 aliphatic carbocycles. The largest absolute Gasteiger partial charge is 0.330 e. The summed E-state index contributed by atoms with van der Waals surface area (Å²) >= 11 is 3.65. The van der Waals surface area contributed by atoms with Gasteiger partial charge in [0.15, 0.2) is 0 Å². The first-order valence-corrected chi connectivity index (χ1v) is 6.61. The van der Waals surface area contributed by atoms with Crippen LogP contribution in [0.15, 0.2) is 4.47 Å². The Morgan fingerprint density at radius 2 is 2.06 bits per heavy atom. The van der Waals surface area contributed by atoms with Crippen LogP contribution in [0, 0.1) is 5.41 Å². The Kier molecular flexibility index (Phi) is 4.56. The number of nitrogens with two attached hydrogens (primary N) is 1. The normalized spacial score (nSPS) is 12.1. The third-order valence-electron chi connectivity index (χ3n) is 2.97. The van der Waals surface area contributed by atoms with E-state index < -0.39 is 0 Å². The SMILES string of the molecule is CCc1nn(C)c(CC(C)(C)CCN)c1Br. The van der Waals surface area contributed by atoms with Crippen LogP contribution in [-0.4, -0.2) is 16.3 Å². The lowest BCUT2D eigenvalue weighted by molar-refractivity contribution is 0.329. The molecule has 0 aliphatic rings. The van der Waals surface area contributed by atoms with E-state index in [0.29, 0.717) is 0 Å². The fourth-order valence-corrected chi connectivity index (χ4v) is 2.70. The zero-order valence-electron chi connectivity index (χ0n) is 10.7. The average molecular weight is 288 g/mol. The molecule has 0 saturated carbocycles. The molecular weight excluding hydrogens is 266 g/mol. The third kappa shape index (κ3) is 3.08. The van der Waals surface area contributed by atoms with Gasteiger partial charge in [-0.3, -0.25) is 4.68 Å². The van der Waals surface area contributed by atoms with E-state index in [0.717, 1.165) is 31.5 Å². The van der Waals surface area contributed by atoms with Crippen LogP contribution >= 0.6 is 15.9 Å². The molecule has 0 aliphatic heterocycles. The van der Waals surface area contributed by atoms with Crippen LogP contribution in [0.3, 0.4) is 0 Å². The van der Waals surface area contributed by atoms with Gasteiger partial charge >= 0.3 is 0 Å². The second-order valence-electron chi connectivity index (χ2n) is 5.06. The van der Waals surface area contributed by atoms with Crippen molar-refractivity contribution in [1.29, 1.82) is 0 Å². The summed E-state index contributed by atoms with van der Waals surface area (Å²) in [7, 11) is 2.01. The number of nitrogens with zero attached hydrogens (tertiary/aromatic N) is 2. The highest BCUT2D eigenvalue weighted by Gasteiger charge is 2.22. The van der Waals surface area contributed by atoms with Gasteiger partial charge in [-0.15, -0.1) is 0 Å². The van der Waals surface area contributed by atoms with Gasteiger partial charge in [0.25, 0.3) is 0 Å². The molecule has 0 atom stereocenters. The molecule has 1 rings (SSSR count). The summed E-state index contributed by atoms with van der Waals surface area (Å²) in [5.74, 6) is 0. The van der Waals surface area contributed by atoms with Crippen molar-refractivity contribution >= 4 is 15.9 Å². The van der Waals surface area contributed by atoms with Crippen molar-refractivity contribution in [3.63, 3.8) is 0 Å². The van der Waals surface area contributed by atoms with Crippen LogP contribution < -0.4 is 5.73 Å². The van der Waals surface area contributed by atoms with Gasteiger partial charge in [-0.2, -0.15) is 5.10 Å².